The van der Waals surface area contributed by atoms with E-state index in [1.807, 2.05) is 6.07 Å². The fourth-order valence-electron chi connectivity index (χ4n) is 2.16. The molecule has 2 aromatic carbocycles. The van der Waals surface area contributed by atoms with Crippen LogP contribution in [0.4, 0.5) is 4.39 Å². The van der Waals surface area contributed by atoms with Gasteiger partial charge in [-0.2, -0.15) is 9.98 Å². The summed E-state index contributed by atoms with van der Waals surface area (Å²) in [7, 11) is -2.91. The normalized spacial score (nSPS) is 12.2. The first-order valence-electron chi connectivity index (χ1n) is 7.20. The van der Waals surface area contributed by atoms with Crippen LogP contribution in [0.1, 0.15) is 11.1 Å². The van der Waals surface area contributed by atoms with Crippen molar-refractivity contribution >= 4 is 16.0 Å². The van der Waals surface area contributed by atoms with Gasteiger partial charge in [0.25, 0.3) is 0 Å². The monoisotopic (exact) mass is 362 g/mol. The maximum Gasteiger partial charge on any atom is 0.324 e. The summed E-state index contributed by atoms with van der Waals surface area (Å²) in [5.41, 5.74) is 0.737. The zero-order valence-electron chi connectivity index (χ0n) is 13.3. The Kier molecular flexibility index (Phi) is 5.85. The maximum atomic E-state index is 13.0. The Morgan fingerprint density at radius 3 is 2.56 bits per heavy atom. The van der Waals surface area contributed by atoms with Crippen molar-refractivity contribution < 1.29 is 22.3 Å². The van der Waals surface area contributed by atoms with Crippen LogP contribution in [0.15, 0.2) is 53.4 Å². The number of carbonyl (C=O) groups is 1. The van der Waals surface area contributed by atoms with E-state index in [9.17, 15) is 17.6 Å². The Morgan fingerprint density at radius 2 is 1.96 bits per heavy atom. The summed E-state index contributed by atoms with van der Waals surface area (Å²) in [6.45, 7) is 0. The molecular weight excluding hydrogens is 347 g/mol. The van der Waals surface area contributed by atoms with Gasteiger partial charge in [-0.15, -0.1) is 0 Å². The molecule has 0 heterocycles. The average Bonchev–Trinajstić information content (AvgIpc) is 2.62. The third kappa shape index (κ3) is 4.86. The van der Waals surface area contributed by atoms with Crippen molar-refractivity contribution in [1.29, 1.82) is 5.26 Å². The van der Waals surface area contributed by atoms with Crippen LogP contribution in [-0.4, -0.2) is 27.5 Å². The number of halogens is 1. The molecule has 2 aromatic rings. The summed E-state index contributed by atoms with van der Waals surface area (Å²) >= 11 is 0. The van der Waals surface area contributed by atoms with Gasteiger partial charge in [0.2, 0.25) is 10.0 Å². The number of sulfonamides is 1. The van der Waals surface area contributed by atoms with Gasteiger partial charge < -0.3 is 4.74 Å². The smallest absolute Gasteiger partial charge is 0.324 e. The lowest BCUT2D eigenvalue weighted by Crippen LogP contribution is -2.43. The molecule has 1 atom stereocenters. The van der Waals surface area contributed by atoms with E-state index in [1.54, 1.807) is 0 Å². The zero-order valence-corrected chi connectivity index (χ0v) is 14.1. The first kappa shape index (κ1) is 18.6. The van der Waals surface area contributed by atoms with Crippen LogP contribution in [-0.2, 0) is 26.0 Å². The highest BCUT2D eigenvalue weighted by molar-refractivity contribution is 7.89. The molecule has 0 radical (unpaired) electrons. The molecule has 25 heavy (non-hydrogen) atoms. The Hall–Kier alpha value is -2.76. The molecule has 8 heteroatoms. The highest BCUT2D eigenvalue weighted by atomic mass is 32.2. The molecule has 0 aliphatic carbocycles. The first-order chi connectivity index (χ1) is 11.9. The summed E-state index contributed by atoms with van der Waals surface area (Å²) in [5, 5.41) is 8.88. The lowest BCUT2D eigenvalue weighted by molar-refractivity contribution is -0.142. The van der Waals surface area contributed by atoms with Crippen molar-refractivity contribution in [3.05, 3.63) is 65.5 Å². The molecule has 0 aliphatic rings. The van der Waals surface area contributed by atoms with Crippen LogP contribution in [0, 0.1) is 17.1 Å². The predicted octanol–water partition coefficient (Wildman–Crippen LogP) is 1.76. The van der Waals surface area contributed by atoms with E-state index in [0.29, 0.717) is 5.56 Å². The number of methoxy groups -OCH3 is 1. The van der Waals surface area contributed by atoms with Gasteiger partial charge in [0.15, 0.2) is 0 Å². The molecule has 0 saturated carbocycles. The van der Waals surface area contributed by atoms with Gasteiger partial charge in [-0.1, -0.05) is 18.2 Å². The van der Waals surface area contributed by atoms with Crippen molar-refractivity contribution in [1.82, 2.24) is 4.72 Å². The number of nitriles is 1. The number of ether oxygens (including phenoxy) is 1. The Balaban J connectivity index is 2.27. The number of benzene rings is 2. The van der Waals surface area contributed by atoms with Gasteiger partial charge in [-0.3, -0.25) is 4.79 Å². The molecule has 1 unspecified atom stereocenters. The van der Waals surface area contributed by atoms with E-state index in [-0.39, 0.29) is 16.9 Å². The summed E-state index contributed by atoms with van der Waals surface area (Å²) < 4.78 is 44.9. The number of nitrogens with zero attached hydrogens (tertiary/aromatic N) is 1. The molecule has 0 bridgehead atoms. The zero-order chi connectivity index (χ0) is 18.4. The van der Waals surface area contributed by atoms with Crippen LogP contribution >= 0.6 is 0 Å². The summed E-state index contributed by atoms with van der Waals surface area (Å²) in [5.74, 6) is -1.21. The molecule has 0 spiro atoms. The second-order valence-electron chi connectivity index (χ2n) is 5.17. The number of carbonyl (C=O) groups excluding carboxylic acids is 1. The van der Waals surface area contributed by atoms with Crippen molar-refractivity contribution in [2.24, 2.45) is 0 Å². The standard InChI is InChI=1S/C17H15FN2O4S/c1-24-17(21)16(10-12-5-7-14(18)8-6-12)20-25(22,23)15-4-2-3-13(9-15)11-19/h2-9,16,20H,10H2,1H3. The van der Waals surface area contributed by atoms with E-state index in [2.05, 4.69) is 9.46 Å². The van der Waals surface area contributed by atoms with Crippen molar-refractivity contribution in [3.8, 4) is 6.07 Å². The van der Waals surface area contributed by atoms with Gasteiger partial charge in [-0.05, 0) is 42.3 Å². The van der Waals surface area contributed by atoms with Gasteiger partial charge in [0, 0.05) is 0 Å². The minimum Gasteiger partial charge on any atom is -0.468 e. The number of esters is 1. The Labute approximate surface area is 144 Å². The summed E-state index contributed by atoms with van der Waals surface area (Å²) in [4.78, 5) is 11.8. The largest absolute Gasteiger partial charge is 0.468 e. The highest BCUT2D eigenvalue weighted by Crippen LogP contribution is 2.14. The summed E-state index contributed by atoms with van der Waals surface area (Å²) in [6.07, 6.45) is -0.00980. The molecular formula is C17H15FN2O4S. The highest BCUT2D eigenvalue weighted by Gasteiger charge is 2.27. The van der Waals surface area contributed by atoms with Crippen molar-refractivity contribution in [3.63, 3.8) is 0 Å². The molecule has 0 amide bonds. The third-order valence-corrected chi connectivity index (χ3v) is 4.88. The molecule has 0 aliphatic heterocycles. The average molecular weight is 362 g/mol. The van der Waals surface area contributed by atoms with Crippen LogP contribution < -0.4 is 4.72 Å². The lowest BCUT2D eigenvalue weighted by Gasteiger charge is -2.17. The van der Waals surface area contributed by atoms with Gasteiger partial charge >= 0.3 is 5.97 Å². The van der Waals surface area contributed by atoms with Crippen molar-refractivity contribution in [2.45, 2.75) is 17.4 Å². The summed E-state index contributed by atoms with van der Waals surface area (Å²) in [6, 6.07) is 11.4. The van der Waals surface area contributed by atoms with Gasteiger partial charge in [0.1, 0.15) is 11.9 Å². The molecule has 0 aromatic heterocycles. The van der Waals surface area contributed by atoms with Crippen LogP contribution in [0.25, 0.3) is 0 Å². The maximum absolute atomic E-state index is 13.0. The van der Waals surface area contributed by atoms with Crippen molar-refractivity contribution in [2.75, 3.05) is 7.11 Å². The van der Waals surface area contributed by atoms with E-state index in [0.717, 1.165) is 7.11 Å². The second kappa shape index (κ2) is 7.88. The van der Waals surface area contributed by atoms with E-state index >= 15 is 0 Å². The van der Waals surface area contributed by atoms with E-state index in [4.69, 9.17) is 5.26 Å². The Bertz CT molecular complexity index is 905. The molecule has 1 N–H and O–H groups in total. The van der Waals surface area contributed by atoms with E-state index < -0.39 is 27.9 Å². The van der Waals surface area contributed by atoms with Gasteiger partial charge in [-0.25, -0.2) is 12.8 Å². The molecule has 6 nitrogen and oxygen atoms in total. The van der Waals surface area contributed by atoms with Crippen LogP contribution in [0.3, 0.4) is 0 Å². The van der Waals surface area contributed by atoms with Crippen LogP contribution in [0.2, 0.25) is 0 Å². The quantitative estimate of drug-likeness (QED) is 0.790. The van der Waals surface area contributed by atoms with E-state index in [1.165, 1.54) is 48.5 Å². The number of hydrogen-bond donors (Lipinski definition) is 1. The SMILES string of the molecule is COC(=O)C(Cc1ccc(F)cc1)NS(=O)(=O)c1cccc(C#N)c1. The minimum absolute atomic E-state index is 0.00980. The number of hydrogen-bond acceptors (Lipinski definition) is 5. The fraction of sp³-hybridized carbons (Fsp3) is 0.176. The van der Waals surface area contributed by atoms with Crippen LogP contribution in [0.5, 0.6) is 0 Å². The number of rotatable bonds is 6. The predicted molar refractivity (Wildman–Crippen MR) is 87.4 cm³/mol. The fourth-order valence-corrected chi connectivity index (χ4v) is 3.39. The molecule has 130 valence electrons. The topological polar surface area (TPSA) is 96.3 Å². The third-order valence-electron chi connectivity index (χ3n) is 3.41. The van der Waals surface area contributed by atoms with Gasteiger partial charge in [0.05, 0.1) is 23.6 Å². The Morgan fingerprint density at radius 1 is 1.28 bits per heavy atom. The lowest BCUT2D eigenvalue weighted by atomic mass is 10.1. The molecule has 2 rings (SSSR count). The number of nitrogens with one attached hydrogen (secondary N) is 1. The molecule has 0 saturated heterocycles. The minimum atomic E-state index is -4.05. The molecule has 0 fully saturated rings. The first-order valence-corrected chi connectivity index (χ1v) is 8.69. The second-order valence-corrected chi connectivity index (χ2v) is 6.88.